The summed E-state index contributed by atoms with van der Waals surface area (Å²) in [6, 6.07) is 3.78. The highest BCUT2D eigenvalue weighted by Gasteiger charge is 2.34. The fourth-order valence-electron chi connectivity index (χ4n) is 1.55. The van der Waals surface area contributed by atoms with E-state index in [1.807, 2.05) is 0 Å². The Hall–Kier alpha value is -2.08. The second-order valence-corrected chi connectivity index (χ2v) is 3.95. The summed E-state index contributed by atoms with van der Waals surface area (Å²) >= 11 is 5.76. The van der Waals surface area contributed by atoms with Crippen molar-refractivity contribution in [2.24, 2.45) is 0 Å². The van der Waals surface area contributed by atoms with Gasteiger partial charge >= 0.3 is 17.9 Å². The molecule has 0 atom stereocenters. The molecule has 0 radical (unpaired) electrons. The van der Waals surface area contributed by atoms with Crippen LogP contribution in [0, 0.1) is 0 Å². The number of hydrogen-bond acceptors (Lipinski definition) is 5. The maximum Gasteiger partial charge on any atom is 0.336 e. The van der Waals surface area contributed by atoms with Gasteiger partial charge < -0.3 is 14.6 Å². The summed E-state index contributed by atoms with van der Waals surface area (Å²) in [5.74, 6) is -4.61. The van der Waals surface area contributed by atoms with Gasteiger partial charge in [0.1, 0.15) is 0 Å². The van der Waals surface area contributed by atoms with Gasteiger partial charge in [-0.05, 0) is 23.8 Å². The summed E-state index contributed by atoms with van der Waals surface area (Å²) in [7, 11) is 2.17. The molecule has 0 aromatic heterocycles. The average Bonchev–Trinajstić information content (AvgIpc) is 2.38. The van der Waals surface area contributed by atoms with Gasteiger partial charge in [-0.3, -0.25) is 9.59 Å². The maximum atomic E-state index is 11.6. The Morgan fingerprint density at radius 1 is 1.16 bits per heavy atom. The van der Waals surface area contributed by atoms with Gasteiger partial charge in [0.25, 0.3) is 0 Å². The number of carbonyl (C=O) groups excluding carboxylic acids is 2. The van der Waals surface area contributed by atoms with E-state index in [0.29, 0.717) is 0 Å². The minimum atomic E-state index is -1.49. The highest BCUT2D eigenvalue weighted by Crippen LogP contribution is 2.26. The maximum absolute atomic E-state index is 11.6. The lowest BCUT2D eigenvalue weighted by atomic mass is 9.94. The molecule has 1 N–H and O–H groups in total. The topological polar surface area (TPSA) is 89.9 Å². The molecule has 0 heterocycles. The van der Waals surface area contributed by atoms with E-state index in [4.69, 9.17) is 16.7 Å². The molecule has 0 aliphatic rings. The summed E-state index contributed by atoms with van der Waals surface area (Å²) in [5.41, 5.74) is -0.288. The van der Waals surface area contributed by atoms with E-state index in [2.05, 4.69) is 9.47 Å². The monoisotopic (exact) mass is 286 g/mol. The zero-order valence-corrected chi connectivity index (χ0v) is 10.9. The summed E-state index contributed by atoms with van der Waals surface area (Å²) < 4.78 is 8.98. The Morgan fingerprint density at radius 3 is 2.11 bits per heavy atom. The zero-order chi connectivity index (χ0) is 14.6. The van der Waals surface area contributed by atoms with Gasteiger partial charge in [0, 0.05) is 5.02 Å². The molecule has 1 rings (SSSR count). The van der Waals surface area contributed by atoms with E-state index in [-0.39, 0.29) is 16.1 Å². The highest BCUT2D eigenvalue weighted by atomic mass is 35.5. The molecule has 6 nitrogen and oxygen atoms in total. The minimum absolute atomic E-state index is 0.0706. The van der Waals surface area contributed by atoms with Gasteiger partial charge in [0.15, 0.2) is 5.92 Å². The number of carboxylic acids is 1. The molecule has 102 valence electrons. The van der Waals surface area contributed by atoms with Crippen molar-refractivity contribution in [3.05, 3.63) is 34.3 Å². The van der Waals surface area contributed by atoms with Crippen LogP contribution < -0.4 is 0 Å². The molecule has 0 aliphatic carbocycles. The third kappa shape index (κ3) is 3.23. The smallest absolute Gasteiger partial charge is 0.336 e. The van der Waals surface area contributed by atoms with Crippen molar-refractivity contribution in [1.82, 2.24) is 0 Å². The van der Waals surface area contributed by atoms with Crippen molar-refractivity contribution in [3.63, 3.8) is 0 Å². The fourth-order valence-corrected chi connectivity index (χ4v) is 1.73. The van der Waals surface area contributed by atoms with Gasteiger partial charge in [0.05, 0.1) is 19.8 Å². The number of rotatable bonds is 4. The number of esters is 2. The molecule has 0 unspecified atom stereocenters. The molecule has 0 aliphatic heterocycles. The Labute approximate surface area is 113 Å². The van der Waals surface area contributed by atoms with E-state index in [0.717, 1.165) is 14.2 Å². The third-order valence-electron chi connectivity index (χ3n) is 2.43. The van der Waals surface area contributed by atoms with Crippen LogP contribution in [0.15, 0.2) is 18.2 Å². The Balaban J connectivity index is 3.44. The highest BCUT2D eigenvalue weighted by molar-refractivity contribution is 6.30. The second-order valence-electron chi connectivity index (χ2n) is 3.52. The van der Waals surface area contributed by atoms with Gasteiger partial charge in [-0.15, -0.1) is 0 Å². The van der Waals surface area contributed by atoms with Gasteiger partial charge in [0.2, 0.25) is 0 Å². The first-order chi connectivity index (χ1) is 8.92. The van der Waals surface area contributed by atoms with Gasteiger partial charge in [-0.1, -0.05) is 11.6 Å². The fraction of sp³-hybridized carbons (Fsp3) is 0.250. The number of hydrogen-bond donors (Lipinski definition) is 1. The summed E-state index contributed by atoms with van der Waals surface area (Å²) in [5, 5.41) is 9.26. The standard InChI is InChI=1S/C12H11ClO6/c1-18-11(16)9(12(17)19-2)8-5-6(13)3-4-7(8)10(14)15/h3-5,9H,1-2H3,(H,14,15). The largest absolute Gasteiger partial charge is 0.478 e. The molecule has 7 heteroatoms. The normalized spacial score (nSPS) is 10.1. The molecule has 0 amide bonds. The van der Waals surface area contributed by atoms with E-state index >= 15 is 0 Å². The van der Waals surface area contributed by atoms with Crippen molar-refractivity contribution in [3.8, 4) is 0 Å². The number of carboxylic acid groups (broad SMARTS) is 1. The van der Waals surface area contributed by atoms with Crippen molar-refractivity contribution in [2.45, 2.75) is 5.92 Å². The summed E-state index contributed by atoms with van der Waals surface area (Å²) in [4.78, 5) is 34.4. The molecule has 1 aromatic rings. The van der Waals surface area contributed by atoms with Crippen LogP contribution in [0.3, 0.4) is 0 Å². The quantitative estimate of drug-likeness (QED) is 0.666. The average molecular weight is 287 g/mol. The molecule has 0 fully saturated rings. The Morgan fingerprint density at radius 2 is 1.68 bits per heavy atom. The summed E-state index contributed by atoms with van der Waals surface area (Å²) in [6.45, 7) is 0. The predicted molar refractivity (Wildman–Crippen MR) is 65.2 cm³/mol. The number of methoxy groups -OCH3 is 2. The Kier molecular flexibility index (Phi) is 4.88. The van der Waals surface area contributed by atoms with Crippen molar-refractivity contribution >= 4 is 29.5 Å². The predicted octanol–water partition coefficient (Wildman–Crippen LogP) is 1.47. The molecule has 19 heavy (non-hydrogen) atoms. The lowest BCUT2D eigenvalue weighted by Crippen LogP contribution is -2.26. The number of ether oxygens (including phenoxy) is 2. The van der Waals surface area contributed by atoms with E-state index in [1.165, 1.54) is 18.2 Å². The van der Waals surface area contributed by atoms with Crippen LogP contribution in [-0.4, -0.2) is 37.2 Å². The van der Waals surface area contributed by atoms with E-state index in [9.17, 15) is 14.4 Å². The lowest BCUT2D eigenvalue weighted by molar-refractivity contribution is -0.154. The first-order valence-corrected chi connectivity index (χ1v) is 5.48. The van der Waals surface area contributed by atoms with Crippen LogP contribution >= 0.6 is 11.6 Å². The minimum Gasteiger partial charge on any atom is -0.478 e. The van der Waals surface area contributed by atoms with Gasteiger partial charge in [-0.25, -0.2) is 4.79 Å². The first-order valence-electron chi connectivity index (χ1n) is 5.10. The molecular weight excluding hydrogens is 276 g/mol. The van der Waals surface area contributed by atoms with E-state index < -0.39 is 23.8 Å². The second kappa shape index (κ2) is 6.19. The zero-order valence-electron chi connectivity index (χ0n) is 10.2. The van der Waals surface area contributed by atoms with Crippen molar-refractivity contribution < 1.29 is 29.0 Å². The number of halogens is 1. The van der Waals surface area contributed by atoms with Crippen molar-refractivity contribution in [1.29, 1.82) is 0 Å². The molecule has 0 bridgehead atoms. The number of carbonyl (C=O) groups is 3. The molecular formula is C12H11ClO6. The van der Waals surface area contributed by atoms with Crippen LogP contribution in [0.4, 0.5) is 0 Å². The van der Waals surface area contributed by atoms with E-state index in [1.54, 1.807) is 0 Å². The third-order valence-corrected chi connectivity index (χ3v) is 2.66. The first kappa shape index (κ1) is 15.0. The lowest BCUT2D eigenvalue weighted by Gasteiger charge is -2.15. The molecule has 0 saturated carbocycles. The van der Waals surface area contributed by atoms with Crippen LogP contribution in [-0.2, 0) is 19.1 Å². The number of benzene rings is 1. The van der Waals surface area contributed by atoms with Crippen LogP contribution in [0.25, 0.3) is 0 Å². The van der Waals surface area contributed by atoms with Gasteiger partial charge in [-0.2, -0.15) is 0 Å². The van der Waals surface area contributed by atoms with Crippen LogP contribution in [0.2, 0.25) is 5.02 Å². The molecule has 1 aromatic carbocycles. The van der Waals surface area contributed by atoms with Crippen LogP contribution in [0.1, 0.15) is 21.8 Å². The van der Waals surface area contributed by atoms with Crippen molar-refractivity contribution in [2.75, 3.05) is 14.2 Å². The van der Waals surface area contributed by atoms with Crippen LogP contribution in [0.5, 0.6) is 0 Å². The molecule has 0 saturated heterocycles. The number of aromatic carboxylic acids is 1. The Bertz CT molecular complexity index is 509. The molecule has 0 spiro atoms. The summed E-state index contributed by atoms with van der Waals surface area (Å²) in [6.07, 6.45) is 0. The SMILES string of the molecule is COC(=O)C(C(=O)OC)c1cc(Cl)ccc1C(=O)O.